The number of pyridine rings is 1. The zero-order valence-corrected chi connectivity index (χ0v) is 13.2. The van der Waals surface area contributed by atoms with Crippen molar-refractivity contribution in [2.45, 2.75) is 46.0 Å². The lowest BCUT2D eigenvalue weighted by Crippen LogP contribution is -2.27. The minimum absolute atomic E-state index is 0.152. The van der Waals surface area contributed by atoms with Gasteiger partial charge in [-0.3, -0.25) is 5.41 Å². The van der Waals surface area contributed by atoms with E-state index in [1.54, 1.807) is 0 Å². The Bertz CT molecular complexity index is 550. The summed E-state index contributed by atoms with van der Waals surface area (Å²) in [6.45, 7) is 6.67. The van der Waals surface area contributed by atoms with Crippen LogP contribution in [0.15, 0.2) is 6.07 Å². The highest BCUT2D eigenvalue weighted by atomic mass is 15.2. The number of rotatable bonds is 3. The van der Waals surface area contributed by atoms with Crippen molar-refractivity contribution in [1.29, 1.82) is 5.41 Å². The Morgan fingerprint density at radius 3 is 2.81 bits per heavy atom. The van der Waals surface area contributed by atoms with E-state index in [1.165, 1.54) is 30.5 Å². The Kier molecular flexibility index (Phi) is 3.87. The number of nitrogens with zero attached hydrogens (tertiary/aromatic N) is 2. The van der Waals surface area contributed by atoms with E-state index in [0.29, 0.717) is 5.92 Å². The zero-order chi connectivity index (χ0) is 15.0. The lowest BCUT2D eigenvalue weighted by atomic mass is 9.94. The third kappa shape index (κ3) is 2.76. The highest BCUT2D eigenvalue weighted by Crippen LogP contribution is 2.32. The van der Waals surface area contributed by atoms with E-state index in [2.05, 4.69) is 24.8 Å². The Balaban J connectivity index is 1.95. The van der Waals surface area contributed by atoms with E-state index in [0.717, 1.165) is 43.2 Å². The first-order chi connectivity index (χ1) is 10.1. The van der Waals surface area contributed by atoms with Crippen LogP contribution in [-0.2, 0) is 12.8 Å². The molecule has 21 heavy (non-hydrogen) atoms. The van der Waals surface area contributed by atoms with E-state index >= 15 is 0 Å². The van der Waals surface area contributed by atoms with Gasteiger partial charge in [0.25, 0.3) is 0 Å². The number of anilines is 1. The van der Waals surface area contributed by atoms with Crippen LogP contribution >= 0.6 is 0 Å². The topological polar surface area (TPSA) is 66.0 Å². The van der Waals surface area contributed by atoms with E-state index in [4.69, 9.17) is 16.1 Å². The Morgan fingerprint density at radius 2 is 2.14 bits per heavy atom. The molecule has 1 aromatic rings. The van der Waals surface area contributed by atoms with Crippen LogP contribution in [0, 0.1) is 17.2 Å². The van der Waals surface area contributed by atoms with Gasteiger partial charge in [-0.1, -0.05) is 13.8 Å². The number of nitrogens with two attached hydrogens (primary N) is 1. The largest absolute Gasteiger partial charge is 0.384 e. The maximum absolute atomic E-state index is 7.90. The van der Waals surface area contributed by atoms with Crippen molar-refractivity contribution in [2.24, 2.45) is 17.6 Å². The summed E-state index contributed by atoms with van der Waals surface area (Å²) in [4.78, 5) is 7.26. The molecule has 2 heterocycles. The Labute approximate surface area is 127 Å². The van der Waals surface area contributed by atoms with Crippen molar-refractivity contribution >= 4 is 11.7 Å². The van der Waals surface area contributed by atoms with Gasteiger partial charge in [-0.05, 0) is 55.6 Å². The highest BCUT2D eigenvalue weighted by Gasteiger charge is 2.28. The van der Waals surface area contributed by atoms with Crippen molar-refractivity contribution in [2.75, 3.05) is 18.0 Å². The first-order valence-corrected chi connectivity index (χ1v) is 8.18. The number of fused-ring (bicyclic) bond motifs is 1. The zero-order valence-electron chi connectivity index (χ0n) is 13.2. The van der Waals surface area contributed by atoms with Crippen molar-refractivity contribution < 1.29 is 0 Å². The van der Waals surface area contributed by atoms with Gasteiger partial charge in [0, 0.05) is 18.8 Å². The molecule has 114 valence electrons. The van der Waals surface area contributed by atoms with Gasteiger partial charge < -0.3 is 10.6 Å². The fraction of sp³-hybridized carbons (Fsp3) is 0.647. The smallest absolute Gasteiger partial charge is 0.139 e. The van der Waals surface area contributed by atoms with Gasteiger partial charge in [-0.15, -0.1) is 0 Å². The molecule has 1 unspecified atom stereocenters. The second-order valence-corrected chi connectivity index (χ2v) is 6.82. The molecule has 0 bridgehead atoms. The summed E-state index contributed by atoms with van der Waals surface area (Å²) < 4.78 is 0. The van der Waals surface area contributed by atoms with Crippen LogP contribution in [0.2, 0.25) is 0 Å². The number of amidine groups is 1. The van der Waals surface area contributed by atoms with Crippen molar-refractivity contribution in [3.63, 3.8) is 0 Å². The van der Waals surface area contributed by atoms with E-state index in [9.17, 15) is 0 Å². The lowest BCUT2D eigenvalue weighted by Gasteiger charge is -2.25. The molecule has 3 N–H and O–H groups in total. The second kappa shape index (κ2) is 5.66. The summed E-state index contributed by atoms with van der Waals surface area (Å²) in [5.41, 5.74) is 9.19. The van der Waals surface area contributed by atoms with Crippen LogP contribution in [0.25, 0.3) is 0 Å². The number of hydrogen-bond donors (Lipinski definition) is 2. The van der Waals surface area contributed by atoms with Gasteiger partial charge in [0.2, 0.25) is 0 Å². The summed E-state index contributed by atoms with van der Waals surface area (Å²) in [6, 6.07) is 2.13. The molecule has 1 fully saturated rings. The van der Waals surface area contributed by atoms with Crippen LogP contribution in [0.1, 0.15) is 49.9 Å². The van der Waals surface area contributed by atoms with Gasteiger partial charge >= 0.3 is 0 Å². The number of aryl methyl sites for hydroxylation is 2. The minimum atomic E-state index is 0.152. The molecular formula is C17H26N4. The standard InChI is InChI=1S/C17H26N4/c1-11(2)13-7-8-21(10-13)17-14(16(18)19)9-12-5-3-4-6-15(12)20-17/h9,11,13H,3-8,10H2,1-2H3,(H3,18,19). The number of nitrogen functional groups attached to an aromatic ring is 1. The molecule has 1 aliphatic carbocycles. The predicted octanol–water partition coefficient (Wildman–Crippen LogP) is 2.73. The molecule has 1 aliphatic heterocycles. The highest BCUT2D eigenvalue weighted by molar-refractivity contribution is 6.00. The molecule has 0 spiro atoms. The summed E-state index contributed by atoms with van der Waals surface area (Å²) in [6.07, 6.45) is 5.82. The van der Waals surface area contributed by atoms with Crippen LogP contribution < -0.4 is 10.6 Å². The molecule has 4 nitrogen and oxygen atoms in total. The third-order valence-corrected chi connectivity index (χ3v) is 5.04. The fourth-order valence-electron chi connectivity index (χ4n) is 3.59. The van der Waals surface area contributed by atoms with Gasteiger partial charge in [-0.2, -0.15) is 0 Å². The summed E-state index contributed by atoms with van der Waals surface area (Å²) in [7, 11) is 0. The fourth-order valence-corrected chi connectivity index (χ4v) is 3.59. The average Bonchev–Trinajstić information content (AvgIpc) is 2.95. The van der Waals surface area contributed by atoms with Crippen LogP contribution in [0.5, 0.6) is 0 Å². The average molecular weight is 286 g/mol. The molecule has 3 rings (SSSR count). The lowest BCUT2D eigenvalue weighted by molar-refractivity contribution is 0.422. The molecule has 1 atom stereocenters. The summed E-state index contributed by atoms with van der Waals surface area (Å²) >= 11 is 0. The van der Waals surface area contributed by atoms with Gasteiger partial charge in [-0.25, -0.2) is 4.98 Å². The predicted molar refractivity (Wildman–Crippen MR) is 87.1 cm³/mol. The number of nitrogens with one attached hydrogen (secondary N) is 1. The molecule has 0 aromatic carbocycles. The Hall–Kier alpha value is -1.58. The summed E-state index contributed by atoms with van der Waals surface area (Å²) in [5, 5.41) is 7.90. The number of aromatic nitrogens is 1. The van der Waals surface area contributed by atoms with Crippen molar-refractivity contribution in [1.82, 2.24) is 4.98 Å². The van der Waals surface area contributed by atoms with Gasteiger partial charge in [0.05, 0.1) is 5.56 Å². The molecule has 4 heteroatoms. The van der Waals surface area contributed by atoms with Crippen LogP contribution in [-0.4, -0.2) is 23.9 Å². The van der Waals surface area contributed by atoms with E-state index < -0.39 is 0 Å². The van der Waals surface area contributed by atoms with Crippen molar-refractivity contribution in [3.05, 3.63) is 22.9 Å². The molecule has 0 saturated carbocycles. The van der Waals surface area contributed by atoms with Crippen LogP contribution in [0.3, 0.4) is 0 Å². The van der Waals surface area contributed by atoms with Crippen molar-refractivity contribution in [3.8, 4) is 0 Å². The molecule has 0 radical (unpaired) electrons. The SMILES string of the molecule is CC(C)C1CCN(c2nc3c(cc2C(=N)N)CCCC3)C1. The maximum Gasteiger partial charge on any atom is 0.139 e. The van der Waals surface area contributed by atoms with E-state index in [-0.39, 0.29) is 5.84 Å². The first kappa shape index (κ1) is 14.4. The van der Waals surface area contributed by atoms with E-state index in [1.807, 2.05) is 0 Å². The molecule has 1 aromatic heterocycles. The third-order valence-electron chi connectivity index (χ3n) is 5.04. The second-order valence-electron chi connectivity index (χ2n) is 6.82. The molecule has 0 amide bonds. The molecule has 2 aliphatic rings. The van der Waals surface area contributed by atoms with Gasteiger partial charge in [0.1, 0.15) is 11.7 Å². The molecule has 1 saturated heterocycles. The van der Waals surface area contributed by atoms with Gasteiger partial charge in [0.15, 0.2) is 0 Å². The quantitative estimate of drug-likeness (QED) is 0.663. The monoisotopic (exact) mass is 286 g/mol. The first-order valence-electron chi connectivity index (χ1n) is 8.18. The molecular weight excluding hydrogens is 260 g/mol. The Morgan fingerprint density at radius 1 is 1.38 bits per heavy atom. The minimum Gasteiger partial charge on any atom is -0.384 e. The normalized spacial score (nSPS) is 21.7. The number of hydrogen-bond acceptors (Lipinski definition) is 3. The maximum atomic E-state index is 7.90. The van der Waals surface area contributed by atoms with Crippen LogP contribution in [0.4, 0.5) is 5.82 Å². The summed E-state index contributed by atoms with van der Waals surface area (Å²) in [5.74, 6) is 2.53.